The first-order valence-corrected chi connectivity index (χ1v) is 9.63. The molecule has 0 aromatic rings. The first kappa shape index (κ1) is 16.2. The van der Waals surface area contributed by atoms with Crippen molar-refractivity contribution >= 4 is 16.9 Å². The van der Waals surface area contributed by atoms with Gasteiger partial charge in [-0.15, -0.1) is 0 Å². The summed E-state index contributed by atoms with van der Waals surface area (Å²) in [5.41, 5.74) is 0.467. The van der Waals surface area contributed by atoms with Crippen LogP contribution in [0.25, 0.3) is 0 Å². The second-order valence-electron chi connectivity index (χ2n) is 6.77. The fraction of sp³-hybridized carbons (Fsp3) is 0.941. The summed E-state index contributed by atoms with van der Waals surface area (Å²) in [6, 6.07) is 0.685. The molecule has 0 aromatic carbocycles. The molecule has 0 saturated heterocycles. The third-order valence-corrected chi connectivity index (χ3v) is 6.72. The zero-order chi connectivity index (χ0) is 14.4. The minimum Gasteiger partial charge on any atom is -0.362 e. The Morgan fingerprint density at radius 3 is 2.35 bits per heavy atom. The second-order valence-corrected chi connectivity index (χ2v) is 7.73. The maximum absolute atomic E-state index is 4.84. The predicted molar refractivity (Wildman–Crippen MR) is 91.6 cm³/mol. The van der Waals surface area contributed by atoms with E-state index < -0.39 is 0 Å². The molecule has 2 aliphatic rings. The molecule has 0 aromatic heterocycles. The van der Waals surface area contributed by atoms with Gasteiger partial charge in [0.15, 0.2) is 5.17 Å². The van der Waals surface area contributed by atoms with Crippen LogP contribution in [0.2, 0.25) is 0 Å². The standard InChI is InChI=1S/C17H32N2S/c1-4-7-14-8-10-15(11-9-14)19-16-18-12-17(5-2,6-3)13-20-16/h14-15H,4-13H2,1-3H3,(H,18,19). The zero-order valence-electron chi connectivity index (χ0n) is 13.6. The molecule has 0 atom stereocenters. The molecular weight excluding hydrogens is 264 g/mol. The van der Waals surface area contributed by atoms with Crippen LogP contribution in [-0.2, 0) is 0 Å². The van der Waals surface area contributed by atoms with E-state index in [1.54, 1.807) is 0 Å². The van der Waals surface area contributed by atoms with Gasteiger partial charge in [-0.05, 0) is 49.9 Å². The molecule has 3 heteroatoms. The van der Waals surface area contributed by atoms with E-state index in [0.717, 1.165) is 12.5 Å². The maximum atomic E-state index is 4.84. The molecule has 0 amide bonds. The Balaban J connectivity index is 1.77. The highest BCUT2D eigenvalue weighted by Crippen LogP contribution is 2.35. The lowest BCUT2D eigenvalue weighted by Crippen LogP contribution is -2.40. The molecule has 0 spiro atoms. The zero-order valence-corrected chi connectivity index (χ0v) is 14.4. The molecule has 1 saturated carbocycles. The van der Waals surface area contributed by atoms with Gasteiger partial charge in [-0.25, -0.2) is 0 Å². The van der Waals surface area contributed by atoms with E-state index in [0.29, 0.717) is 11.5 Å². The fourth-order valence-corrected chi connectivity index (χ4v) is 4.84. The summed E-state index contributed by atoms with van der Waals surface area (Å²) < 4.78 is 0. The summed E-state index contributed by atoms with van der Waals surface area (Å²) in [5.74, 6) is 2.24. The van der Waals surface area contributed by atoms with Crippen LogP contribution in [0.4, 0.5) is 0 Å². The van der Waals surface area contributed by atoms with E-state index in [-0.39, 0.29) is 0 Å². The molecule has 20 heavy (non-hydrogen) atoms. The van der Waals surface area contributed by atoms with Crippen LogP contribution >= 0.6 is 11.8 Å². The first-order valence-electron chi connectivity index (χ1n) is 8.65. The number of nitrogens with zero attached hydrogens (tertiary/aromatic N) is 1. The number of hydrogen-bond acceptors (Lipinski definition) is 3. The van der Waals surface area contributed by atoms with Gasteiger partial charge in [-0.2, -0.15) is 0 Å². The Labute approximate surface area is 129 Å². The molecule has 116 valence electrons. The number of thioether (sulfide) groups is 1. The van der Waals surface area contributed by atoms with Gasteiger partial charge in [0, 0.05) is 18.3 Å². The number of hydrogen-bond donors (Lipinski definition) is 1. The van der Waals surface area contributed by atoms with Crippen molar-refractivity contribution in [1.29, 1.82) is 0 Å². The lowest BCUT2D eigenvalue weighted by molar-refractivity contribution is 0.294. The highest BCUT2D eigenvalue weighted by atomic mass is 32.2. The third kappa shape index (κ3) is 4.16. The number of amidine groups is 1. The predicted octanol–water partition coefficient (Wildman–Crippen LogP) is 4.84. The lowest BCUT2D eigenvalue weighted by atomic mass is 9.83. The van der Waals surface area contributed by atoms with Crippen LogP contribution in [0.15, 0.2) is 4.99 Å². The van der Waals surface area contributed by atoms with Gasteiger partial charge in [0.1, 0.15) is 0 Å². The minimum atomic E-state index is 0.467. The topological polar surface area (TPSA) is 24.4 Å². The molecular formula is C17H32N2S. The van der Waals surface area contributed by atoms with Crippen LogP contribution in [0, 0.1) is 11.3 Å². The number of nitrogens with one attached hydrogen (secondary N) is 1. The molecule has 0 bridgehead atoms. The Kier molecular flexibility index (Phi) is 6.25. The average Bonchev–Trinajstić information content (AvgIpc) is 2.51. The normalized spacial score (nSPS) is 29.9. The molecule has 1 heterocycles. The van der Waals surface area contributed by atoms with Gasteiger partial charge in [0.2, 0.25) is 0 Å². The molecule has 0 radical (unpaired) electrons. The average molecular weight is 297 g/mol. The summed E-state index contributed by atoms with van der Waals surface area (Å²) in [7, 11) is 0. The monoisotopic (exact) mass is 296 g/mol. The summed E-state index contributed by atoms with van der Waals surface area (Å²) in [6.45, 7) is 7.96. The second kappa shape index (κ2) is 7.72. The van der Waals surface area contributed by atoms with Gasteiger partial charge in [-0.3, -0.25) is 4.99 Å². The van der Waals surface area contributed by atoms with E-state index in [9.17, 15) is 0 Å². The van der Waals surface area contributed by atoms with Crippen LogP contribution in [0.5, 0.6) is 0 Å². The molecule has 2 rings (SSSR count). The molecule has 1 aliphatic heterocycles. The van der Waals surface area contributed by atoms with Crippen molar-refractivity contribution in [2.24, 2.45) is 16.3 Å². The lowest BCUT2D eigenvalue weighted by Gasteiger charge is -2.35. The molecule has 1 aliphatic carbocycles. The quantitative estimate of drug-likeness (QED) is 0.784. The van der Waals surface area contributed by atoms with Crippen LogP contribution < -0.4 is 5.32 Å². The Morgan fingerprint density at radius 2 is 1.85 bits per heavy atom. The fourth-order valence-electron chi connectivity index (χ4n) is 3.50. The van der Waals surface area contributed by atoms with Crippen molar-refractivity contribution < 1.29 is 0 Å². The van der Waals surface area contributed by atoms with E-state index in [2.05, 4.69) is 26.1 Å². The molecule has 2 nitrogen and oxygen atoms in total. The van der Waals surface area contributed by atoms with Gasteiger partial charge in [-0.1, -0.05) is 45.4 Å². The van der Waals surface area contributed by atoms with Crippen molar-refractivity contribution in [3.63, 3.8) is 0 Å². The van der Waals surface area contributed by atoms with Gasteiger partial charge in [0.05, 0.1) is 0 Å². The highest BCUT2D eigenvalue weighted by Gasteiger charge is 2.31. The SMILES string of the molecule is CCCC1CCC(NC2=NCC(CC)(CC)CS2)CC1. The highest BCUT2D eigenvalue weighted by molar-refractivity contribution is 8.13. The van der Waals surface area contributed by atoms with Gasteiger partial charge < -0.3 is 5.32 Å². The van der Waals surface area contributed by atoms with Crippen LogP contribution in [0.3, 0.4) is 0 Å². The van der Waals surface area contributed by atoms with Gasteiger partial charge >= 0.3 is 0 Å². The summed E-state index contributed by atoms with van der Waals surface area (Å²) in [5, 5.41) is 4.94. The van der Waals surface area contributed by atoms with Crippen molar-refractivity contribution in [2.75, 3.05) is 12.3 Å². The summed E-state index contributed by atoms with van der Waals surface area (Å²) in [6.07, 6.45) is 10.8. The smallest absolute Gasteiger partial charge is 0.156 e. The van der Waals surface area contributed by atoms with E-state index in [1.807, 2.05) is 11.8 Å². The largest absolute Gasteiger partial charge is 0.362 e. The Hall–Kier alpha value is -0.180. The van der Waals surface area contributed by atoms with Gasteiger partial charge in [0.25, 0.3) is 0 Å². The first-order chi connectivity index (χ1) is 9.71. The van der Waals surface area contributed by atoms with Crippen molar-refractivity contribution in [1.82, 2.24) is 5.32 Å². The van der Waals surface area contributed by atoms with Crippen LogP contribution in [0.1, 0.15) is 72.1 Å². The number of rotatable bonds is 5. The summed E-state index contributed by atoms with van der Waals surface area (Å²) >= 11 is 1.96. The molecule has 1 N–H and O–H groups in total. The van der Waals surface area contributed by atoms with Crippen molar-refractivity contribution in [3.8, 4) is 0 Å². The van der Waals surface area contributed by atoms with Crippen molar-refractivity contribution in [2.45, 2.75) is 78.2 Å². The molecule has 0 unspecified atom stereocenters. The summed E-state index contributed by atoms with van der Waals surface area (Å²) in [4.78, 5) is 4.84. The Bertz CT molecular complexity index is 315. The maximum Gasteiger partial charge on any atom is 0.156 e. The Morgan fingerprint density at radius 1 is 1.15 bits per heavy atom. The van der Waals surface area contributed by atoms with Crippen molar-refractivity contribution in [3.05, 3.63) is 0 Å². The third-order valence-electron chi connectivity index (χ3n) is 5.44. The minimum absolute atomic E-state index is 0.467. The van der Waals surface area contributed by atoms with E-state index >= 15 is 0 Å². The number of aliphatic imine (C=N–C) groups is 1. The molecule has 1 fully saturated rings. The van der Waals surface area contributed by atoms with E-state index in [1.165, 1.54) is 62.3 Å². The van der Waals surface area contributed by atoms with E-state index in [4.69, 9.17) is 4.99 Å². The van der Waals surface area contributed by atoms with Crippen LogP contribution in [-0.4, -0.2) is 23.5 Å².